The van der Waals surface area contributed by atoms with Crippen molar-refractivity contribution < 1.29 is 28.7 Å². The zero-order valence-corrected chi connectivity index (χ0v) is 41.3. The van der Waals surface area contributed by atoms with Gasteiger partial charge in [0.05, 0.1) is 60.9 Å². The average Bonchev–Trinajstić information content (AvgIpc) is 4.23. The molecule has 2 saturated heterocycles. The molecule has 0 radical (unpaired) electrons. The second-order valence-electron chi connectivity index (χ2n) is 20.7. The van der Waals surface area contributed by atoms with E-state index in [0.717, 1.165) is 73.4 Å². The molecule has 8 heterocycles. The number of methoxy groups -OCH3 is 2. The van der Waals surface area contributed by atoms with Crippen molar-refractivity contribution in [3.8, 4) is 11.5 Å². The van der Waals surface area contributed by atoms with E-state index < -0.39 is 0 Å². The van der Waals surface area contributed by atoms with Gasteiger partial charge in [0, 0.05) is 87.7 Å². The first-order valence-electron chi connectivity index (χ1n) is 24.5. The van der Waals surface area contributed by atoms with Crippen LogP contribution in [0, 0.1) is 22.7 Å². The van der Waals surface area contributed by atoms with E-state index >= 15 is 0 Å². The topological polar surface area (TPSA) is 213 Å². The Bertz CT molecular complexity index is 3210. The van der Waals surface area contributed by atoms with Crippen molar-refractivity contribution in [1.82, 2.24) is 58.6 Å². The number of carbonyl (C=O) groups is 4. The summed E-state index contributed by atoms with van der Waals surface area (Å²) >= 11 is 0. The predicted octanol–water partition coefficient (Wildman–Crippen LogP) is 7.10. The van der Waals surface area contributed by atoms with Crippen LogP contribution in [-0.4, -0.2) is 124 Å². The van der Waals surface area contributed by atoms with Crippen LogP contribution in [0.4, 0.5) is 11.6 Å². The van der Waals surface area contributed by atoms with Crippen molar-refractivity contribution in [1.29, 1.82) is 0 Å². The van der Waals surface area contributed by atoms with Crippen molar-refractivity contribution in [2.24, 2.45) is 22.7 Å². The lowest BCUT2D eigenvalue weighted by molar-refractivity contribution is -0.127. The number of benzene rings is 2. The first kappa shape index (κ1) is 46.5. The molecule has 6 aromatic heterocycles. The van der Waals surface area contributed by atoms with Crippen LogP contribution < -0.4 is 20.1 Å². The van der Waals surface area contributed by atoms with Crippen molar-refractivity contribution in [3.63, 3.8) is 0 Å². The Morgan fingerprint density at radius 2 is 1.08 bits per heavy atom. The van der Waals surface area contributed by atoms with Gasteiger partial charge >= 0.3 is 0 Å². The molecule has 2 aromatic carbocycles. The maximum atomic E-state index is 13.2. The quantitative estimate of drug-likeness (QED) is 0.156. The molecule has 6 atom stereocenters. The highest BCUT2D eigenvalue weighted by atomic mass is 16.5. The number of anilines is 2. The number of aromatic nitrogens is 10. The van der Waals surface area contributed by atoms with Gasteiger partial charge < -0.3 is 29.9 Å². The molecule has 2 aliphatic carbocycles. The number of fused-ring (bicyclic) bond motifs is 4. The maximum absolute atomic E-state index is 13.2. The number of hydrogen-bond donors (Lipinski definition) is 2. The molecule has 20 nitrogen and oxygen atoms in total. The molecule has 0 bridgehead atoms. The number of hydrogen-bond acceptors (Lipinski definition) is 12. The van der Waals surface area contributed by atoms with E-state index in [9.17, 15) is 19.2 Å². The van der Waals surface area contributed by atoms with Gasteiger partial charge in [-0.3, -0.25) is 28.5 Å². The SMILES string of the molecule is COc1cc2nn([C@@H]3CC[C@]4(CC(=O)N(C)C4)C[C@H]3C)cc2cc1C(=O)Nc1cnc2cccnn12.COc1cc2nn([C@H]3CC[C@]4(CC(=O)N(C)C4)C[C@@H]3C)cc2cc1C(=O)Nc1cnc2cccnn12. The largest absolute Gasteiger partial charge is 0.496 e. The molecule has 2 spiro atoms. The van der Waals surface area contributed by atoms with Crippen LogP contribution in [0.3, 0.4) is 0 Å². The van der Waals surface area contributed by atoms with E-state index in [1.165, 1.54) is 0 Å². The number of imidazole rings is 2. The third-order valence-corrected chi connectivity index (χ3v) is 15.7. The van der Waals surface area contributed by atoms with Crippen molar-refractivity contribution in [3.05, 3.63) is 96.8 Å². The Labute approximate surface area is 414 Å². The van der Waals surface area contributed by atoms with Crippen LogP contribution in [0.15, 0.2) is 85.7 Å². The summed E-state index contributed by atoms with van der Waals surface area (Å²) in [5.41, 5.74) is 3.87. The molecule has 4 fully saturated rings. The number of amides is 4. The lowest BCUT2D eigenvalue weighted by Crippen LogP contribution is -2.35. The van der Waals surface area contributed by atoms with E-state index in [0.29, 0.717) is 70.2 Å². The Morgan fingerprint density at radius 1 is 0.653 bits per heavy atom. The summed E-state index contributed by atoms with van der Waals surface area (Å²) in [6.45, 7) is 6.21. The second kappa shape index (κ2) is 18.1. The summed E-state index contributed by atoms with van der Waals surface area (Å²) in [7, 11) is 6.91. The number of likely N-dealkylation sites (tertiary alicyclic amines) is 2. The average molecular weight is 975 g/mol. The summed E-state index contributed by atoms with van der Waals surface area (Å²) in [6.07, 6.45) is 17.8. The fraction of sp³-hybridized carbons (Fsp3) is 0.423. The van der Waals surface area contributed by atoms with Gasteiger partial charge in [-0.2, -0.15) is 29.4 Å². The van der Waals surface area contributed by atoms with Crippen molar-refractivity contribution >= 4 is 68.4 Å². The summed E-state index contributed by atoms with van der Waals surface area (Å²) in [6, 6.07) is 15.0. The van der Waals surface area contributed by atoms with E-state index in [1.807, 2.05) is 82.1 Å². The molecule has 20 heteroatoms. The van der Waals surface area contributed by atoms with Crippen LogP contribution in [0.5, 0.6) is 11.5 Å². The Hall–Kier alpha value is -7.90. The standard InChI is InChI=1S/2C26H29N7O3/c2*1-16-11-26(12-24(34)31(2)15-26)7-6-20(16)32-14-17-9-18(21(36-3)10-19(17)30-32)25(35)29-23-13-27-22-5-4-8-28-33(22)23/h2*4-5,8-10,13-14,16,20H,6-7,11-12,15H2,1-3H3,(H,29,35)/t16-,20-,26+;16-,20-,26-/m01/s1. The zero-order chi connectivity index (χ0) is 50.1. The molecule has 4 aliphatic rings. The fourth-order valence-corrected chi connectivity index (χ4v) is 12.3. The van der Waals surface area contributed by atoms with Gasteiger partial charge in [0.15, 0.2) is 22.9 Å². The number of carbonyl (C=O) groups excluding carboxylic acids is 4. The fourth-order valence-electron chi connectivity index (χ4n) is 12.3. The van der Waals surface area contributed by atoms with Gasteiger partial charge in [0.2, 0.25) is 11.8 Å². The van der Waals surface area contributed by atoms with E-state index in [2.05, 4.69) is 44.6 Å². The minimum absolute atomic E-state index is 0.0928. The molecule has 2 saturated carbocycles. The van der Waals surface area contributed by atoms with Crippen LogP contribution in [0.2, 0.25) is 0 Å². The molecule has 2 N–H and O–H groups in total. The van der Waals surface area contributed by atoms with Crippen LogP contribution >= 0.6 is 0 Å². The summed E-state index contributed by atoms with van der Waals surface area (Å²) in [5, 5.41) is 25.8. The summed E-state index contributed by atoms with van der Waals surface area (Å²) in [5.74, 6) is 2.54. The first-order valence-corrected chi connectivity index (χ1v) is 24.5. The summed E-state index contributed by atoms with van der Waals surface area (Å²) in [4.78, 5) is 63.1. The van der Waals surface area contributed by atoms with E-state index in [1.54, 1.807) is 60.2 Å². The molecule has 72 heavy (non-hydrogen) atoms. The molecule has 2 aliphatic heterocycles. The smallest absolute Gasteiger partial charge is 0.260 e. The Balaban J connectivity index is 0.000000156. The molecule has 8 aromatic rings. The first-order chi connectivity index (χ1) is 34.7. The second-order valence-corrected chi connectivity index (χ2v) is 20.7. The van der Waals surface area contributed by atoms with Crippen LogP contribution in [-0.2, 0) is 9.59 Å². The monoisotopic (exact) mass is 974 g/mol. The third-order valence-electron chi connectivity index (χ3n) is 15.7. The Morgan fingerprint density at radius 3 is 1.46 bits per heavy atom. The lowest BCUT2D eigenvalue weighted by atomic mass is 9.67. The zero-order valence-electron chi connectivity index (χ0n) is 41.3. The van der Waals surface area contributed by atoms with Gasteiger partial charge in [0.25, 0.3) is 11.8 Å². The van der Waals surface area contributed by atoms with Crippen LogP contribution in [0.25, 0.3) is 33.1 Å². The third kappa shape index (κ3) is 8.40. The van der Waals surface area contributed by atoms with Crippen LogP contribution in [0.1, 0.15) is 98.0 Å². The Kier molecular flexibility index (Phi) is 11.7. The predicted molar refractivity (Wildman–Crippen MR) is 268 cm³/mol. The molecular formula is C52H58N14O6. The minimum Gasteiger partial charge on any atom is -0.496 e. The van der Waals surface area contributed by atoms with Gasteiger partial charge in [-0.05, 0) is 97.6 Å². The number of nitrogens with one attached hydrogen (secondary N) is 2. The number of rotatable bonds is 8. The highest BCUT2D eigenvalue weighted by Crippen LogP contribution is 2.51. The van der Waals surface area contributed by atoms with Gasteiger partial charge in [0.1, 0.15) is 11.5 Å². The molecule has 12 rings (SSSR count). The molecule has 4 amide bonds. The van der Waals surface area contributed by atoms with Gasteiger partial charge in [-0.25, -0.2) is 9.97 Å². The summed E-state index contributed by atoms with van der Waals surface area (Å²) < 4.78 is 18.3. The normalized spacial score (nSPS) is 24.2. The number of ether oxygens (including phenoxy) is 2. The molecule has 0 unspecified atom stereocenters. The van der Waals surface area contributed by atoms with Crippen molar-refractivity contribution in [2.45, 2.75) is 77.3 Å². The van der Waals surface area contributed by atoms with Crippen molar-refractivity contribution in [2.75, 3.05) is 52.0 Å². The van der Waals surface area contributed by atoms with E-state index in [-0.39, 0.29) is 46.5 Å². The van der Waals surface area contributed by atoms with Gasteiger partial charge in [-0.15, -0.1) is 0 Å². The maximum Gasteiger partial charge on any atom is 0.260 e. The van der Waals surface area contributed by atoms with Gasteiger partial charge in [-0.1, -0.05) is 13.8 Å². The molecule has 372 valence electrons. The highest BCUT2D eigenvalue weighted by Gasteiger charge is 2.48. The number of nitrogens with zero attached hydrogens (tertiary/aromatic N) is 12. The van der Waals surface area contributed by atoms with E-state index in [4.69, 9.17) is 19.7 Å². The lowest BCUT2D eigenvalue weighted by Gasteiger charge is -2.40. The highest BCUT2D eigenvalue weighted by molar-refractivity contribution is 6.09. The molecular weight excluding hydrogens is 917 g/mol. The minimum atomic E-state index is -0.308.